The Kier molecular flexibility index (Phi) is 6.15. The van der Waals surface area contributed by atoms with Crippen molar-refractivity contribution >= 4 is 29.2 Å². The summed E-state index contributed by atoms with van der Waals surface area (Å²) in [6, 6.07) is 11.3. The van der Waals surface area contributed by atoms with Crippen LogP contribution in [0, 0.1) is 27.3 Å². The highest BCUT2D eigenvalue weighted by Crippen LogP contribution is 2.30. The number of urea groups is 1. The number of anilines is 1. The monoisotopic (exact) mass is 439 g/mol. The van der Waals surface area contributed by atoms with Crippen LogP contribution < -0.4 is 10.2 Å². The van der Waals surface area contributed by atoms with Gasteiger partial charge in [0, 0.05) is 24.4 Å². The first-order chi connectivity index (χ1) is 15.2. The summed E-state index contributed by atoms with van der Waals surface area (Å²) in [6.45, 7) is 0.826. The van der Waals surface area contributed by atoms with E-state index in [-0.39, 0.29) is 18.7 Å². The van der Waals surface area contributed by atoms with Crippen molar-refractivity contribution in [1.29, 1.82) is 5.26 Å². The second-order valence-corrected chi connectivity index (χ2v) is 7.18. The van der Waals surface area contributed by atoms with Gasteiger partial charge in [-0.05, 0) is 48.9 Å². The molecule has 0 radical (unpaired) electrons. The summed E-state index contributed by atoms with van der Waals surface area (Å²) in [6.07, 6.45) is -0.0101. The molecule has 2 aromatic carbocycles. The minimum Gasteiger partial charge on any atom is -0.319 e. The molecule has 32 heavy (non-hydrogen) atoms. The van der Waals surface area contributed by atoms with Gasteiger partial charge in [0.2, 0.25) is 5.91 Å². The van der Waals surface area contributed by atoms with Gasteiger partial charge in [-0.3, -0.25) is 24.6 Å². The number of halogens is 1. The number of nitro benzene ring substituents is 1. The van der Waals surface area contributed by atoms with Gasteiger partial charge in [0.1, 0.15) is 17.9 Å². The van der Waals surface area contributed by atoms with Gasteiger partial charge in [0.25, 0.3) is 11.6 Å². The van der Waals surface area contributed by atoms with Crippen molar-refractivity contribution in [2.75, 3.05) is 18.0 Å². The number of hydrogen-bond donors (Lipinski definition) is 1. The molecule has 2 aromatic rings. The predicted molar refractivity (Wildman–Crippen MR) is 110 cm³/mol. The number of nitriles is 1. The van der Waals surface area contributed by atoms with Gasteiger partial charge in [0.15, 0.2) is 0 Å². The second kappa shape index (κ2) is 8.81. The van der Waals surface area contributed by atoms with E-state index in [1.54, 1.807) is 0 Å². The maximum absolute atomic E-state index is 13.3. The van der Waals surface area contributed by atoms with Gasteiger partial charge in [-0.15, -0.1) is 0 Å². The maximum atomic E-state index is 13.3. The number of nitrogens with one attached hydrogen (secondary N) is 1. The van der Waals surface area contributed by atoms with E-state index in [2.05, 4.69) is 5.32 Å². The molecule has 1 atom stereocenters. The zero-order valence-corrected chi connectivity index (χ0v) is 16.9. The smallest absolute Gasteiger partial charge is 0.319 e. The number of carbonyl (C=O) groups is 3. The van der Waals surface area contributed by atoms with Crippen LogP contribution in [0.1, 0.15) is 18.9 Å². The number of amides is 4. The van der Waals surface area contributed by atoms with Crippen LogP contribution in [0.5, 0.6) is 0 Å². The molecule has 164 valence electrons. The molecule has 11 heteroatoms. The van der Waals surface area contributed by atoms with Crippen LogP contribution in [0.15, 0.2) is 48.5 Å². The number of carbonyl (C=O) groups excluding carboxylic acids is 3. The molecule has 1 aliphatic rings. The quantitative estimate of drug-likeness (QED) is 0.400. The van der Waals surface area contributed by atoms with E-state index in [1.807, 2.05) is 6.07 Å². The van der Waals surface area contributed by atoms with Gasteiger partial charge in [-0.25, -0.2) is 9.18 Å². The lowest BCUT2D eigenvalue weighted by atomic mass is 9.92. The highest BCUT2D eigenvalue weighted by atomic mass is 19.1. The molecule has 1 N–H and O–H groups in total. The molecule has 1 unspecified atom stereocenters. The van der Waals surface area contributed by atoms with Crippen LogP contribution in [0.4, 0.5) is 20.6 Å². The minimum absolute atomic E-state index is 0.00969. The minimum atomic E-state index is -1.51. The number of hydrogen-bond acceptors (Lipinski definition) is 6. The van der Waals surface area contributed by atoms with E-state index >= 15 is 0 Å². The summed E-state index contributed by atoms with van der Waals surface area (Å²) in [7, 11) is 0. The molecule has 0 bridgehead atoms. The first-order valence-electron chi connectivity index (χ1n) is 9.49. The van der Waals surface area contributed by atoms with E-state index < -0.39 is 40.7 Å². The summed E-state index contributed by atoms with van der Waals surface area (Å²) in [5, 5.41) is 22.3. The molecule has 0 aromatic heterocycles. The van der Waals surface area contributed by atoms with Crippen molar-refractivity contribution in [1.82, 2.24) is 10.2 Å². The average Bonchev–Trinajstić information content (AvgIpc) is 2.99. The molecule has 0 spiro atoms. The average molecular weight is 439 g/mol. The Morgan fingerprint density at radius 2 is 1.84 bits per heavy atom. The van der Waals surface area contributed by atoms with Gasteiger partial charge < -0.3 is 10.2 Å². The molecule has 1 heterocycles. The van der Waals surface area contributed by atoms with E-state index in [0.717, 1.165) is 17.0 Å². The lowest BCUT2D eigenvalue weighted by Crippen LogP contribution is -2.45. The summed E-state index contributed by atoms with van der Waals surface area (Å²) in [5.41, 5.74) is -1.05. The first-order valence-corrected chi connectivity index (χ1v) is 9.49. The van der Waals surface area contributed by atoms with Crippen LogP contribution in [0.2, 0.25) is 0 Å². The second-order valence-electron chi connectivity index (χ2n) is 7.18. The van der Waals surface area contributed by atoms with E-state index in [1.165, 1.54) is 48.2 Å². The molecular formula is C21H18FN5O5. The third kappa shape index (κ3) is 4.24. The number of benzene rings is 2. The normalized spacial score (nSPS) is 17.6. The van der Waals surface area contributed by atoms with Crippen molar-refractivity contribution in [3.8, 4) is 6.07 Å². The molecule has 0 aliphatic carbocycles. The van der Waals surface area contributed by atoms with Crippen LogP contribution in [0.25, 0.3) is 0 Å². The summed E-state index contributed by atoms with van der Waals surface area (Å²) >= 11 is 0. The van der Waals surface area contributed by atoms with Gasteiger partial charge >= 0.3 is 6.03 Å². The molecular weight excluding hydrogens is 421 g/mol. The fourth-order valence-electron chi connectivity index (χ4n) is 3.35. The van der Waals surface area contributed by atoms with E-state index in [4.69, 9.17) is 5.26 Å². The lowest BCUT2D eigenvalue weighted by molar-refractivity contribution is -0.384. The number of imide groups is 1. The first kappa shape index (κ1) is 22.4. The molecule has 0 saturated carbocycles. The Bertz CT molecular complexity index is 1110. The number of nitro groups is 1. The zero-order valence-electron chi connectivity index (χ0n) is 16.9. The SMILES string of the molecule is CC1(c2ccc([N+](=O)[O-])cc2)NC(=O)N(CC(=O)N(CCC#N)c2ccc(F)cc2)C1=O. The number of nitrogens with zero attached hydrogens (tertiary/aromatic N) is 4. The Morgan fingerprint density at radius 3 is 2.41 bits per heavy atom. The third-order valence-corrected chi connectivity index (χ3v) is 5.11. The van der Waals surface area contributed by atoms with Gasteiger partial charge in [0.05, 0.1) is 17.4 Å². The van der Waals surface area contributed by atoms with Crippen molar-refractivity contribution < 1.29 is 23.7 Å². The van der Waals surface area contributed by atoms with Crippen LogP contribution in [-0.4, -0.2) is 40.8 Å². The van der Waals surface area contributed by atoms with Crippen molar-refractivity contribution in [3.05, 3.63) is 70.0 Å². The predicted octanol–water partition coefficient (Wildman–Crippen LogP) is 2.45. The molecule has 10 nitrogen and oxygen atoms in total. The van der Waals surface area contributed by atoms with E-state index in [0.29, 0.717) is 11.3 Å². The van der Waals surface area contributed by atoms with Gasteiger partial charge in [-0.1, -0.05) is 0 Å². The Balaban J connectivity index is 1.82. The topological polar surface area (TPSA) is 137 Å². The fourth-order valence-corrected chi connectivity index (χ4v) is 3.35. The third-order valence-electron chi connectivity index (χ3n) is 5.11. The van der Waals surface area contributed by atoms with Crippen molar-refractivity contribution in [3.63, 3.8) is 0 Å². The Hall–Kier alpha value is -4.33. The molecule has 1 aliphatic heterocycles. The lowest BCUT2D eigenvalue weighted by Gasteiger charge is -2.25. The summed E-state index contributed by atoms with van der Waals surface area (Å²) in [5.74, 6) is -1.85. The molecule has 1 saturated heterocycles. The largest absolute Gasteiger partial charge is 0.325 e. The maximum Gasteiger partial charge on any atom is 0.325 e. The molecule has 4 amide bonds. The zero-order chi connectivity index (χ0) is 23.5. The van der Waals surface area contributed by atoms with Crippen LogP contribution >= 0.6 is 0 Å². The summed E-state index contributed by atoms with van der Waals surface area (Å²) in [4.78, 5) is 50.7. The van der Waals surface area contributed by atoms with Crippen molar-refractivity contribution in [2.24, 2.45) is 0 Å². The molecule has 3 rings (SSSR count). The number of non-ortho nitro benzene ring substituents is 1. The standard InChI is InChI=1S/C21H18FN5O5/c1-21(14-3-7-17(8-4-14)27(31)32)19(29)26(20(30)24-21)13-18(28)25(12-2-11-23)16-9-5-15(22)6-10-16/h3-10H,2,12-13H2,1H3,(H,24,30). The highest BCUT2D eigenvalue weighted by Gasteiger charge is 2.49. The highest BCUT2D eigenvalue weighted by molar-refractivity contribution is 6.10. The molecule has 1 fully saturated rings. The Labute approximate surface area is 182 Å². The van der Waals surface area contributed by atoms with Crippen molar-refractivity contribution in [2.45, 2.75) is 18.9 Å². The van der Waals surface area contributed by atoms with Gasteiger partial charge in [-0.2, -0.15) is 5.26 Å². The number of rotatable bonds is 7. The van der Waals surface area contributed by atoms with E-state index in [9.17, 15) is 28.9 Å². The summed E-state index contributed by atoms with van der Waals surface area (Å²) < 4.78 is 13.3. The fraction of sp³-hybridized carbons (Fsp3) is 0.238. The van der Waals surface area contributed by atoms with Crippen LogP contribution in [0.3, 0.4) is 0 Å². The van der Waals surface area contributed by atoms with Crippen LogP contribution in [-0.2, 0) is 15.1 Å². The Morgan fingerprint density at radius 1 is 1.22 bits per heavy atom.